The molecule has 0 aromatic heterocycles. The van der Waals surface area contributed by atoms with Crippen molar-refractivity contribution in [3.63, 3.8) is 0 Å². The number of nitrogens with one attached hydrogen (secondary N) is 1. The summed E-state index contributed by atoms with van der Waals surface area (Å²) in [5, 5.41) is 12.9. The van der Waals surface area contributed by atoms with Gasteiger partial charge in [0.05, 0.1) is 6.61 Å². The first-order valence-corrected chi connectivity index (χ1v) is 8.53. The zero-order valence-electron chi connectivity index (χ0n) is 14.3. The fourth-order valence-electron chi connectivity index (χ4n) is 3.08. The van der Waals surface area contributed by atoms with Gasteiger partial charge in [-0.3, -0.25) is 4.90 Å². The SMILES string of the molecule is CCN1CCN(C(C)CNC(C)c2cccc(CO)c2)CC1. The fraction of sp³-hybridized carbons (Fsp3) is 0.667. The third-order valence-corrected chi connectivity index (χ3v) is 4.83. The number of hydrogen-bond acceptors (Lipinski definition) is 4. The average molecular weight is 305 g/mol. The van der Waals surface area contributed by atoms with Crippen molar-refractivity contribution in [2.45, 2.75) is 39.5 Å². The van der Waals surface area contributed by atoms with E-state index in [0.717, 1.165) is 12.1 Å². The molecule has 4 heteroatoms. The Bertz CT molecular complexity index is 444. The molecule has 1 fully saturated rings. The van der Waals surface area contributed by atoms with Crippen molar-refractivity contribution in [2.75, 3.05) is 39.3 Å². The molecule has 22 heavy (non-hydrogen) atoms. The second-order valence-electron chi connectivity index (χ2n) is 6.35. The fourth-order valence-corrected chi connectivity index (χ4v) is 3.08. The Kier molecular flexibility index (Phi) is 6.83. The Balaban J connectivity index is 1.79. The van der Waals surface area contributed by atoms with Gasteiger partial charge in [-0.1, -0.05) is 31.2 Å². The standard InChI is InChI=1S/C18H31N3O/c1-4-20-8-10-21(11-9-20)15(2)13-19-16(3)18-7-5-6-17(12-18)14-22/h5-7,12,15-16,19,22H,4,8-11,13-14H2,1-3H3. The van der Waals surface area contributed by atoms with Crippen molar-refractivity contribution >= 4 is 0 Å². The molecule has 1 aliphatic rings. The number of benzene rings is 1. The van der Waals surface area contributed by atoms with Crippen molar-refractivity contribution < 1.29 is 5.11 Å². The molecule has 1 heterocycles. The molecule has 2 N–H and O–H groups in total. The van der Waals surface area contributed by atoms with Crippen LogP contribution >= 0.6 is 0 Å². The molecule has 0 saturated carbocycles. The molecule has 2 unspecified atom stereocenters. The molecular weight excluding hydrogens is 274 g/mol. The van der Waals surface area contributed by atoms with Crippen LogP contribution < -0.4 is 5.32 Å². The summed E-state index contributed by atoms with van der Waals surface area (Å²) in [5.74, 6) is 0. The van der Waals surface area contributed by atoms with Crippen LogP contribution in [0.4, 0.5) is 0 Å². The molecule has 1 saturated heterocycles. The van der Waals surface area contributed by atoms with Gasteiger partial charge in [0.1, 0.15) is 0 Å². The Morgan fingerprint density at radius 2 is 1.91 bits per heavy atom. The van der Waals surface area contributed by atoms with E-state index in [-0.39, 0.29) is 6.61 Å². The van der Waals surface area contributed by atoms with Gasteiger partial charge in [-0.15, -0.1) is 0 Å². The van der Waals surface area contributed by atoms with Crippen molar-refractivity contribution in [3.05, 3.63) is 35.4 Å². The van der Waals surface area contributed by atoms with Gasteiger partial charge in [0.15, 0.2) is 0 Å². The van der Waals surface area contributed by atoms with E-state index in [1.807, 2.05) is 12.1 Å². The minimum atomic E-state index is 0.110. The third-order valence-electron chi connectivity index (χ3n) is 4.83. The van der Waals surface area contributed by atoms with Gasteiger partial charge in [0.25, 0.3) is 0 Å². The summed E-state index contributed by atoms with van der Waals surface area (Å²) in [6.07, 6.45) is 0. The summed E-state index contributed by atoms with van der Waals surface area (Å²) < 4.78 is 0. The topological polar surface area (TPSA) is 38.7 Å². The molecule has 0 aliphatic carbocycles. The summed E-state index contributed by atoms with van der Waals surface area (Å²) >= 11 is 0. The Labute approximate surface area is 135 Å². The lowest BCUT2D eigenvalue weighted by atomic mass is 10.1. The first-order valence-electron chi connectivity index (χ1n) is 8.53. The number of piperazine rings is 1. The zero-order chi connectivity index (χ0) is 15.9. The molecule has 124 valence electrons. The molecule has 1 aromatic carbocycles. The molecule has 1 aromatic rings. The highest BCUT2D eigenvalue weighted by Crippen LogP contribution is 2.15. The average Bonchev–Trinajstić information content (AvgIpc) is 2.59. The maximum absolute atomic E-state index is 9.24. The lowest BCUT2D eigenvalue weighted by Crippen LogP contribution is -2.51. The van der Waals surface area contributed by atoms with Gasteiger partial charge in [-0.2, -0.15) is 0 Å². The van der Waals surface area contributed by atoms with E-state index < -0.39 is 0 Å². The minimum Gasteiger partial charge on any atom is -0.392 e. The molecule has 0 spiro atoms. The first-order chi connectivity index (χ1) is 10.6. The number of aliphatic hydroxyl groups is 1. The highest BCUT2D eigenvalue weighted by atomic mass is 16.3. The normalized spacial score (nSPS) is 20.0. The quantitative estimate of drug-likeness (QED) is 0.806. The largest absolute Gasteiger partial charge is 0.392 e. The van der Waals surface area contributed by atoms with Gasteiger partial charge in [-0.05, 0) is 31.5 Å². The van der Waals surface area contributed by atoms with Gasteiger partial charge >= 0.3 is 0 Å². The second-order valence-corrected chi connectivity index (χ2v) is 6.35. The number of aliphatic hydroxyl groups excluding tert-OH is 1. The zero-order valence-corrected chi connectivity index (χ0v) is 14.3. The summed E-state index contributed by atoms with van der Waals surface area (Å²) in [4.78, 5) is 5.09. The Hall–Kier alpha value is -0.940. The van der Waals surface area contributed by atoms with E-state index in [9.17, 15) is 5.11 Å². The predicted molar refractivity (Wildman–Crippen MR) is 91.9 cm³/mol. The highest BCUT2D eigenvalue weighted by molar-refractivity contribution is 5.25. The summed E-state index contributed by atoms with van der Waals surface area (Å²) in [7, 11) is 0. The number of hydrogen-bond donors (Lipinski definition) is 2. The minimum absolute atomic E-state index is 0.110. The maximum Gasteiger partial charge on any atom is 0.0681 e. The second kappa shape index (κ2) is 8.63. The molecule has 2 rings (SSSR count). The molecular formula is C18H31N3O. The third kappa shape index (κ3) is 4.78. The van der Waals surface area contributed by atoms with Crippen LogP contribution in [0.25, 0.3) is 0 Å². The van der Waals surface area contributed by atoms with E-state index >= 15 is 0 Å². The number of nitrogens with zero attached hydrogens (tertiary/aromatic N) is 2. The molecule has 0 amide bonds. The first kappa shape index (κ1) is 17.4. The van der Waals surface area contributed by atoms with Crippen LogP contribution in [-0.2, 0) is 6.61 Å². The van der Waals surface area contributed by atoms with Gasteiger partial charge in [0.2, 0.25) is 0 Å². The van der Waals surface area contributed by atoms with E-state index in [2.05, 4.69) is 48.0 Å². The van der Waals surface area contributed by atoms with Gasteiger partial charge in [-0.25, -0.2) is 0 Å². The van der Waals surface area contributed by atoms with E-state index in [1.54, 1.807) is 0 Å². The van der Waals surface area contributed by atoms with Crippen LogP contribution in [0, 0.1) is 0 Å². The molecule has 1 aliphatic heterocycles. The lowest BCUT2D eigenvalue weighted by Gasteiger charge is -2.38. The van der Waals surface area contributed by atoms with Crippen LogP contribution in [0.3, 0.4) is 0 Å². The predicted octanol–water partition coefficient (Wildman–Crippen LogP) is 1.86. The smallest absolute Gasteiger partial charge is 0.0681 e. The van der Waals surface area contributed by atoms with Crippen molar-refractivity contribution in [1.29, 1.82) is 0 Å². The maximum atomic E-state index is 9.24. The van der Waals surface area contributed by atoms with Crippen LogP contribution in [0.1, 0.15) is 37.9 Å². The van der Waals surface area contributed by atoms with Gasteiger partial charge < -0.3 is 15.3 Å². The van der Waals surface area contributed by atoms with E-state index in [4.69, 9.17) is 0 Å². The van der Waals surface area contributed by atoms with Gasteiger partial charge in [0, 0.05) is 44.8 Å². The van der Waals surface area contributed by atoms with Crippen LogP contribution in [0.5, 0.6) is 0 Å². The molecule has 0 radical (unpaired) electrons. The van der Waals surface area contributed by atoms with Crippen molar-refractivity contribution in [3.8, 4) is 0 Å². The highest BCUT2D eigenvalue weighted by Gasteiger charge is 2.20. The molecule has 2 atom stereocenters. The van der Waals surface area contributed by atoms with E-state index in [0.29, 0.717) is 12.1 Å². The van der Waals surface area contributed by atoms with Crippen LogP contribution in [-0.4, -0.2) is 60.2 Å². The molecule has 4 nitrogen and oxygen atoms in total. The Morgan fingerprint density at radius 1 is 1.18 bits per heavy atom. The van der Waals surface area contributed by atoms with Crippen LogP contribution in [0.2, 0.25) is 0 Å². The molecule has 0 bridgehead atoms. The lowest BCUT2D eigenvalue weighted by molar-refractivity contribution is 0.104. The van der Waals surface area contributed by atoms with E-state index in [1.165, 1.54) is 38.3 Å². The van der Waals surface area contributed by atoms with Crippen LogP contribution in [0.15, 0.2) is 24.3 Å². The Morgan fingerprint density at radius 3 is 2.55 bits per heavy atom. The summed E-state index contributed by atoms with van der Waals surface area (Å²) in [6, 6.07) is 9.07. The number of likely N-dealkylation sites (N-methyl/N-ethyl adjacent to an activating group) is 1. The monoisotopic (exact) mass is 305 g/mol. The van der Waals surface area contributed by atoms with Crippen molar-refractivity contribution in [1.82, 2.24) is 15.1 Å². The number of rotatable bonds is 7. The summed E-state index contributed by atoms with van der Waals surface area (Å²) in [5.41, 5.74) is 2.23. The summed E-state index contributed by atoms with van der Waals surface area (Å²) in [6.45, 7) is 13.7. The van der Waals surface area contributed by atoms with Crippen molar-refractivity contribution in [2.24, 2.45) is 0 Å².